The summed E-state index contributed by atoms with van der Waals surface area (Å²) in [4.78, 5) is 23.7. The molecule has 0 radical (unpaired) electrons. The number of H-pyrrole nitrogens is 1. The Labute approximate surface area is 114 Å². The lowest BCUT2D eigenvalue weighted by atomic mass is 10.1. The average molecular weight is 277 g/mol. The molecule has 20 heavy (non-hydrogen) atoms. The van der Waals surface area contributed by atoms with Crippen LogP contribution in [0.4, 0.5) is 4.39 Å². The Morgan fingerprint density at radius 2 is 1.95 bits per heavy atom. The number of rotatable bonds is 3. The summed E-state index contributed by atoms with van der Waals surface area (Å²) in [6.07, 6.45) is 0. The number of nitrogens with one attached hydrogen (secondary N) is 1. The molecule has 6 heteroatoms. The van der Waals surface area contributed by atoms with Gasteiger partial charge in [-0.3, -0.25) is 14.7 Å². The lowest BCUT2D eigenvalue weighted by Crippen LogP contribution is -2.33. The molecular formula is C14H16FN3O2. The summed E-state index contributed by atoms with van der Waals surface area (Å²) in [7, 11) is 0. The molecule has 0 fully saturated rings. The molecule has 0 amide bonds. The number of aromatic nitrogens is 2. The molecule has 0 saturated heterocycles. The van der Waals surface area contributed by atoms with E-state index in [0.29, 0.717) is 16.7 Å². The molecule has 3 N–H and O–H groups in total. The van der Waals surface area contributed by atoms with Crippen molar-refractivity contribution in [1.29, 1.82) is 0 Å². The summed E-state index contributed by atoms with van der Waals surface area (Å²) in [6.45, 7) is 3.41. The maximum Gasteiger partial charge on any atom is 0.268 e. The molecule has 0 spiro atoms. The lowest BCUT2D eigenvalue weighted by molar-refractivity contribution is 0.564. The SMILES string of the molecule is Cc1c(C)c(=O)n(Cc2cc(CN)ccc2F)[nH]c1=O. The van der Waals surface area contributed by atoms with Gasteiger partial charge in [0.25, 0.3) is 11.1 Å². The second kappa shape index (κ2) is 5.42. The summed E-state index contributed by atoms with van der Waals surface area (Å²) >= 11 is 0. The van der Waals surface area contributed by atoms with Gasteiger partial charge in [0.2, 0.25) is 0 Å². The third-order valence-corrected chi connectivity index (χ3v) is 3.38. The maximum absolute atomic E-state index is 13.8. The van der Waals surface area contributed by atoms with Gasteiger partial charge in [-0.2, -0.15) is 0 Å². The van der Waals surface area contributed by atoms with Gasteiger partial charge in [0.05, 0.1) is 6.54 Å². The van der Waals surface area contributed by atoms with Crippen molar-refractivity contribution in [2.45, 2.75) is 26.9 Å². The van der Waals surface area contributed by atoms with E-state index in [1.807, 2.05) is 0 Å². The van der Waals surface area contributed by atoms with Gasteiger partial charge in [-0.25, -0.2) is 9.07 Å². The molecule has 0 unspecified atom stereocenters. The third kappa shape index (κ3) is 2.55. The molecule has 0 aliphatic heterocycles. The van der Waals surface area contributed by atoms with E-state index >= 15 is 0 Å². The highest BCUT2D eigenvalue weighted by Gasteiger charge is 2.10. The van der Waals surface area contributed by atoms with Gasteiger partial charge in [0.15, 0.2) is 0 Å². The zero-order chi connectivity index (χ0) is 14.9. The van der Waals surface area contributed by atoms with Crippen LogP contribution in [0.15, 0.2) is 27.8 Å². The predicted molar refractivity (Wildman–Crippen MR) is 74.2 cm³/mol. The lowest BCUT2D eigenvalue weighted by Gasteiger charge is -2.10. The molecule has 1 aromatic carbocycles. The number of hydrogen-bond acceptors (Lipinski definition) is 3. The molecule has 1 aromatic heterocycles. The zero-order valence-corrected chi connectivity index (χ0v) is 11.4. The predicted octanol–water partition coefficient (Wildman–Crippen LogP) is 0.800. The fourth-order valence-electron chi connectivity index (χ4n) is 1.95. The third-order valence-electron chi connectivity index (χ3n) is 3.38. The van der Waals surface area contributed by atoms with Crippen LogP contribution in [-0.2, 0) is 13.1 Å². The van der Waals surface area contributed by atoms with Gasteiger partial charge in [-0.1, -0.05) is 6.07 Å². The van der Waals surface area contributed by atoms with E-state index in [-0.39, 0.29) is 24.2 Å². The van der Waals surface area contributed by atoms with E-state index in [1.54, 1.807) is 26.0 Å². The van der Waals surface area contributed by atoms with Crippen LogP contribution in [-0.4, -0.2) is 9.78 Å². The van der Waals surface area contributed by atoms with Gasteiger partial charge in [0, 0.05) is 23.2 Å². The summed E-state index contributed by atoms with van der Waals surface area (Å²) in [5.41, 5.74) is 6.65. The highest BCUT2D eigenvalue weighted by molar-refractivity contribution is 5.26. The molecule has 106 valence electrons. The first-order chi connectivity index (χ1) is 9.43. The van der Waals surface area contributed by atoms with Crippen LogP contribution < -0.4 is 16.9 Å². The van der Waals surface area contributed by atoms with E-state index in [2.05, 4.69) is 5.10 Å². The summed E-state index contributed by atoms with van der Waals surface area (Å²) in [5.74, 6) is -0.437. The van der Waals surface area contributed by atoms with Crippen molar-refractivity contribution >= 4 is 0 Å². The molecule has 1 heterocycles. The minimum absolute atomic E-state index is 0.0329. The number of nitrogens with two attached hydrogens (primary N) is 1. The van der Waals surface area contributed by atoms with Gasteiger partial charge >= 0.3 is 0 Å². The molecular weight excluding hydrogens is 261 g/mol. The van der Waals surface area contributed by atoms with Crippen LogP contribution in [0.2, 0.25) is 0 Å². The Morgan fingerprint density at radius 3 is 2.60 bits per heavy atom. The largest absolute Gasteiger partial charge is 0.326 e. The minimum Gasteiger partial charge on any atom is -0.326 e. The van der Waals surface area contributed by atoms with Crippen molar-refractivity contribution in [1.82, 2.24) is 9.78 Å². The van der Waals surface area contributed by atoms with Crippen LogP contribution in [0.1, 0.15) is 22.3 Å². The molecule has 0 aliphatic rings. The Balaban J connectivity index is 2.51. The first kappa shape index (κ1) is 14.2. The second-order valence-corrected chi connectivity index (χ2v) is 4.71. The van der Waals surface area contributed by atoms with Crippen LogP contribution in [0.5, 0.6) is 0 Å². The van der Waals surface area contributed by atoms with Crippen molar-refractivity contribution in [2.24, 2.45) is 5.73 Å². The van der Waals surface area contributed by atoms with Crippen molar-refractivity contribution in [2.75, 3.05) is 0 Å². The van der Waals surface area contributed by atoms with E-state index in [4.69, 9.17) is 5.73 Å². The molecule has 0 saturated carbocycles. The topological polar surface area (TPSA) is 80.9 Å². The number of aromatic amines is 1. The van der Waals surface area contributed by atoms with Crippen molar-refractivity contribution in [3.63, 3.8) is 0 Å². The van der Waals surface area contributed by atoms with Crippen molar-refractivity contribution < 1.29 is 4.39 Å². The van der Waals surface area contributed by atoms with Crippen LogP contribution in [0.25, 0.3) is 0 Å². The fraction of sp³-hybridized carbons (Fsp3) is 0.286. The molecule has 0 aliphatic carbocycles. The average Bonchev–Trinajstić information content (AvgIpc) is 2.44. The van der Waals surface area contributed by atoms with Crippen LogP contribution >= 0.6 is 0 Å². The summed E-state index contributed by atoms with van der Waals surface area (Å²) < 4.78 is 14.9. The van der Waals surface area contributed by atoms with Crippen molar-refractivity contribution in [3.05, 3.63) is 67.0 Å². The van der Waals surface area contributed by atoms with Gasteiger partial charge < -0.3 is 5.73 Å². The van der Waals surface area contributed by atoms with E-state index in [9.17, 15) is 14.0 Å². The minimum atomic E-state index is -0.437. The number of nitrogens with zero attached hydrogens (tertiary/aromatic N) is 1. The van der Waals surface area contributed by atoms with Gasteiger partial charge in [-0.15, -0.1) is 0 Å². The van der Waals surface area contributed by atoms with Crippen molar-refractivity contribution in [3.8, 4) is 0 Å². The second-order valence-electron chi connectivity index (χ2n) is 4.71. The first-order valence-electron chi connectivity index (χ1n) is 6.21. The van der Waals surface area contributed by atoms with Gasteiger partial charge in [0.1, 0.15) is 5.82 Å². The summed E-state index contributed by atoms with van der Waals surface area (Å²) in [5, 5.41) is 2.45. The number of halogens is 1. The normalized spacial score (nSPS) is 10.8. The van der Waals surface area contributed by atoms with E-state index in [0.717, 1.165) is 10.2 Å². The number of benzene rings is 1. The van der Waals surface area contributed by atoms with E-state index < -0.39 is 5.82 Å². The fourth-order valence-corrected chi connectivity index (χ4v) is 1.95. The van der Waals surface area contributed by atoms with Crippen LogP contribution in [0.3, 0.4) is 0 Å². The highest BCUT2D eigenvalue weighted by Crippen LogP contribution is 2.11. The first-order valence-corrected chi connectivity index (χ1v) is 6.21. The van der Waals surface area contributed by atoms with E-state index in [1.165, 1.54) is 6.07 Å². The molecule has 0 atom stereocenters. The maximum atomic E-state index is 13.8. The summed E-state index contributed by atoms with van der Waals surface area (Å²) in [6, 6.07) is 4.49. The zero-order valence-electron chi connectivity index (χ0n) is 11.4. The molecule has 2 aromatic rings. The molecule has 2 rings (SSSR count). The Hall–Kier alpha value is -2.21. The highest BCUT2D eigenvalue weighted by atomic mass is 19.1. The molecule has 5 nitrogen and oxygen atoms in total. The Morgan fingerprint density at radius 1 is 1.25 bits per heavy atom. The van der Waals surface area contributed by atoms with Crippen LogP contribution in [0, 0.1) is 19.7 Å². The standard InChI is InChI=1S/C14H16FN3O2/c1-8-9(2)14(20)18(17-13(8)19)7-11-5-10(6-16)3-4-12(11)15/h3-5H,6-7,16H2,1-2H3,(H,17,19). The smallest absolute Gasteiger partial charge is 0.268 e. The monoisotopic (exact) mass is 277 g/mol. The number of hydrogen-bond donors (Lipinski definition) is 2. The Bertz CT molecular complexity index is 762. The van der Waals surface area contributed by atoms with Gasteiger partial charge in [-0.05, 0) is 31.5 Å². The quantitative estimate of drug-likeness (QED) is 0.870. The Kier molecular flexibility index (Phi) is 3.85. The molecule has 0 bridgehead atoms.